The molecular formula is C15H19NO8. The van der Waals surface area contributed by atoms with Gasteiger partial charge in [-0.2, -0.15) is 0 Å². The molecular weight excluding hydrogens is 322 g/mol. The van der Waals surface area contributed by atoms with Crippen LogP contribution in [0.2, 0.25) is 0 Å². The van der Waals surface area contributed by atoms with Gasteiger partial charge in [-0.05, 0) is 12.8 Å². The Bertz CT molecular complexity index is 570. The number of carbonyl (C=O) groups is 3. The maximum atomic E-state index is 11.4. The molecule has 0 spiro atoms. The van der Waals surface area contributed by atoms with Crippen molar-refractivity contribution >= 4 is 17.9 Å². The van der Waals surface area contributed by atoms with Crippen molar-refractivity contribution in [1.82, 2.24) is 4.90 Å². The lowest BCUT2D eigenvalue weighted by Crippen LogP contribution is -2.31. The number of carbonyl (C=O) groups excluding carboxylic acids is 1. The first kappa shape index (κ1) is 18.0. The lowest BCUT2D eigenvalue weighted by molar-refractivity contribution is -0.162. The van der Waals surface area contributed by atoms with Crippen LogP contribution < -0.4 is 0 Å². The van der Waals surface area contributed by atoms with E-state index in [0.717, 1.165) is 0 Å². The van der Waals surface area contributed by atoms with E-state index >= 15 is 0 Å². The number of allylic oxidation sites excluding steroid dienone is 1. The fourth-order valence-electron chi connectivity index (χ4n) is 2.45. The number of rotatable bonds is 7. The van der Waals surface area contributed by atoms with E-state index in [2.05, 4.69) is 0 Å². The maximum Gasteiger partial charge on any atom is 0.335 e. The highest BCUT2D eigenvalue weighted by molar-refractivity contribution is 5.87. The van der Waals surface area contributed by atoms with Crippen molar-refractivity contribution < 1.29 is 39.2 Å². The number of hydrogen-bond acceptors (Lipinski definition) is 7. The first-order valence-corrected chi connectivity index (χ1v) is 7.47. The molecule has 1 saturated heterocycles. The highest BCUT2D eigenvalue weighted by atomic mass is 16.6. The number of carboxylic acid groups (broad SMARTS) is 2. The lowest BCUT2D eigenvalue weighted by atomic mass is 10.1. The number of hydrogen-bond donors (Lipinski definition) is 3. The monoisotopic (exact) mass is 341 g/mol. The van der Waals surface area contributed by atoms with E-state index < -0.39 is 36.5 Å². The van der Waals surface area contributed by atoms with Crippen LogP contribution in [0.3, 0.4) is 0 Å². The highest BCUT2D eigenvalue weighted by Crippen LogP contribution is 2.26. The van der Waals surface area contributed by atoms with Crippen LogP contribution in [0.15, 0.2) is 24.0 Å². The summed E-state index contributed by atoms with van der Waals surface area (Å²) in [5.41, 5.74) is 0.257. The number of esters is 1. The molecule has 3 atom stereocenters. The summed E-state index contributed by atoms with van der Waals surface area (Å²) in [6.07, 6.45) is 3.36. The van der Waals surface area contributed by atoms with Gasteiger partial charge < -0.3 is 29.7 Å². The van der Waals surface area contributed by atoms with E-state index in [1.807, 2.05) is 0 Å². The molecule has 3 N–H and O–H groups in total. The van der Waals surface area contributed by atoms with Crippen LogP contribution in [-0.2, 0) is 23.9 Å². The van der Waals surface area contributed by atoms with Gasteiger partial charge in [0.25, 0.3) is 0 Å². The minimum Gasteiger partial charge on any atom is -0.481 e. The van der Waals surface area contributed by atoms with Crippen molar-refractivity contribution in [2.75, 3.05) is 6.61 Å². The SMILES string of the molecule is O=C(O)C[C@H](O)C(=O)OC[C@@H]1CC[C@H](N2C=CCC(C(=O)O)=C2)O1. The molecule has 0 aromatic rings. The number of aliphatic carboxylic acids is 2. The summed E-state index contributed by atoms with van der Waals surface area (Å²) in [5.74, 6) is -3.29. The molecule has 0 aromatic carbocycles. The second-order valence-electron chi connectivity index (χ2n) is 5.53. The number of nitrogens with zero attached hydrogens (tertiary/aromatic N) is 1. The van der Waals surface area contributed by atoms with Gasteiger partial charge in [-0.1, -0.05) is 6.08 Å². The number of aliphatic hydroxyl groups excluding tert-OH is 1. The average molecular weight is 341 g/mol. The van der Waals surface area contributed by atoms with E-state index in [1.54, 1.807) is 17.2 Å². The standard InChI is InChI=1S/C15H19NO8/c17-11(6-13(18)19)15(22)23-8-10-3-4-12(24-10)16-5-1-2-9(7-16)14(20)21/h1,5,7,10-12,17H,2-4,6,8H2,(H,18,19)(H,20,21)/t10-,11-,12+/m0/s1. The van der Waals surface area contributed by atoms with Crippen LogP contribution in [0.25, 0.3) is 0 Å². The number of aliphatic hydroxyl groups is 1. The van der Waals surface area contributed by atoms with Gasteiger partial charge in [0.05, 0.1) is 18.1 Å². The predicted molar refractivity (Wildman–Crippen MR) is 78.4 cm³/mol. The van der Waals surface area contributed by atoms with Gasteiger partial charge in [0.1, 0.15) is 12.8 Å². The quantitative estimate of drug-likeness (QED) is 0.549. The zero-order chi connectivity index (χ0) is 17.7. The first-order chi connectivity index (χ1) is 11.4. The summed E-state index contributed by atoms with van der Waals surface area (Å²) in [7, 11) is 0. The second kappa shape index (κ2) is 7.93. The lowest BCUT2D eigenvalue weighted by Gasteiger charge is -2.26. The number of carboxylic acids is 2. The molecule has 2 aliphatic rings. The Morgan fingerprint density at radius 1 is 1.33 bits per heavy atom. The summed E-state index contributed by atoms with van der Waals surface area (Å²) in [4.78, 5) is 34.5. The van der Waals surface area contributed by atoms with Crippen molar-refractivity contribution in [3.8, 4) is 0 Å². The van der Waals surface area contributed by atoms with Gasteiger partial charge in [0, 0.05) is 18.8 Å². The Kier molecular flexibility index (Phi) is 5.93. The van der Waals surface area contributed by atoms with Gasteiger partial charge in [-0.3, -0.25) is 4.79 Å². The Balaban J connectivity index is 1.80. The zero-order valence-electron chi connectivity index (χ0n) is 12.8. The Labute approximate surface area is 137 Å². The minimum absolute atomic E-state index is 0.0981. The molecule has 1 fully saturated rings. The minimum atomic E-state index is -1.70. The van der Waals surface area contributed by atoms with Gasteiger partial charge in [0.15, 0.2) is 6.10 Å². The van der Waals surface area contributed by atoms with Crippen LogP contribution in [0.5, 0.6) is 0 Å². The fourth-order valence-corrected chi connectivity index (χ4v) is 2.45. The third kappa shape index (κ3) is 4.80. The molecule has 24 heavy (non-hydrogen) atoms. The van der Waals surface area contributed by atoms with Gasteiger partial charge in [-0.25, -0.2) is 9.59 Å². The highest BCUT2D eigenvalue weighted by Gasteiger charge is 2.31. The summed E-state index contributed by atoms with van der Waals surface area (Å²) >= 11 is 0. The van der Waals surface area contributed by atoms with Gasteiger partial charge in [-0.15, -0.1) is 0 Å². The summed E-state index contributed by atoms with van der Waals surface area (Å²) in [6.45, 7) is -0.0981. The van der Waals surface area contributed by atoms with Crippen molar-refractivity contribution in [1.29, 1.82) is 0 Å². The average Bonchev–Trinajstić information content (AvgIpc) is 3.01. The zero-order valence-corrected chi connectivity index (χ0v) is 12.8. The van der Waals surface area contributed by atoms with Crippen LogP contribution >= 0.6 is 0 Å². The van der Waals surface area contributed by atoms with Crippen molar-refractivity contribution in [2.45, 2.75) is 44.1 Å². The molecule has 0 saturated carbocycles. The molecule has 2 aliphatic heterocycles. The van der Waals surface area contributed by atoms with E-state index in [4.69, 9.17) is 19.7 Å². The van der Waals surface area contributed by atoms with Crippen molar-refractivity contribution in [3.05, 3.63) is 24.0 Å². The van der Waals surface area contributed by atoms with Crippen LogP contribution in [0, 0.1) is 0 Å². The number of ether oxygens (including phenoxy) is 2. The maximum absolute atomic E-state index is 11.4. The molecule has 0 amide bonds. The van der Waals surface area contributed by atoms with Gasteiger partial charge >= 0.3 is 17.9 Å². The van der Waals surface area contributed by atoms with Gasteiger partial charge in [0.2, 0.25) is 0 Å². The second-order valence-corrected chi connectivity index (χ2v) is 5.53. The van der Waals surface area contributed by atoms with E-state index in [1.165, 1.54) is 6.20 Å². The van der Waals surface area contributed by atoms with E-state index in [-0.39, 0.29) is 18.4 Å². The summed E-state index contributed by atoms with van der Waals surface area (Å²) < 4.78 is 10.6. The topological polar surface area (TPSA) is 134 Å². The predicted octanol–water partition coefficient (Wildman–Crippen LogP) is 0.0582. The van der Waals surface area contributed by atoms with Crippen molar-refractivity contribution in [3.63, 3.8) is 0 Å². The molecule has 9 nitrogen and oxygen atoms in total. The molecule has 0 aliphatic carbocycles. The molecule has 2 heterocycles. The Morgan fingerprint density at radius 2 is 2.08 bits per heavy atom. The normalized spacial score (nSPS) is 24.4. The third-order valence-corrected chi connectivity index (χ3v) is 3.66. The molecule has 0 radical (unpaired) electrons. The molecule has 0 aromatic heterocycles. The van der Waals surface area contributed by atoms with E-state index in [0.29, 0.717) is 19.3 Å². The van der Waals surface area contributed by atoms with Crippen LogP contribution in [0.1, 0.15) is 25.7 Å². The molecule has 9 heteroatoms. The summed E-state index contributed by atoms with van der Waals surface area (Å²) in [5, 5.41) is 26.8. The Morgan fingerprint density at radius 3 is 2.75 bits per heavy atom. The fraction of sp³-hybridized carbons (Fsp3) is 0.533. The van der Waals surface area contributed by atoms with Crippen molar-refractivity contribution in [2.24, 2.45) is 0 Å². The smallest absolute Gasteiger partial charge is 0.335 e. The van der Waals surface area contributed by atoms with Crippen LogP contribution in [0.4, 0.5) is 0 Å². The largest absolute Gasteiger partial charge is 0.481 e. The molecule has 2 rings (SSSR count). The van der Waals surface area contributed by atoms with Crippen LogP contribution in [-0.4, -0.2) is 63.2 Å². The molecule has 0 bridgehead atoms. The Hall–Kier alpha value is -2.39. The third-order valence-electron chi connectivity index (χ3n) is 3.66. The van der Waals surface area contributed by atoms with E-state index in [9.17, 15) is 19.5 Å². The molecule has 132 valence electrons. The first-order valence-electron chi connectivity index (χ1n) is 7.47. The molecule has 0 unspecified atom stereocenters. The summed E-state index contributed by atoms with van der Waals surface area (Å²) in [6, 6.07) is 0.